The molecule has 114 valence electrons. The molecule has 0 saturated carbocycles. The second-order valence-corrected chi connectivity index (χ2v) is 4.17. The third kappa shape index (κ3) is 4.24. The summed E-state index contributed by atoms with van der Waals surface area (Å²) in [6.45, 7) is 2.92. The molecule has 21 heavy (non-hydrogen) atoms. The first kappa shape index (κ1) is 16.6. The highest BCUT2D eigenvalue weighted by Crippen LogP contribution is 2.39. The maximum Gasteiger partial charge on any atom is 0.333 e. The Balaban J connectivity index is 3.32. The maximum absolute atomic E-state index is 11.4. The van der Waals surface area contributed by atoms with Gasteiger partial charge in [-0.1, -0.05) is 0 Å². The van der Waals surface area contributed by atoms with E-state index in [4.69, 9.17) is 14.2 Å². The number of esters is 2. The average molecular weight is 294 g/mol. The predicted octanol–water partition coefficient (Wildman–Crippen LogP) is 2.21. The van der Waals surface area contributed by atoms with Gasteiger partial charge in [0.15, 0.2) is 11.5 Å². The minimum Gasteiger partial charge on any atom is -0.493 e. The summed E-state index contributed by atoms with van der Waals surface area (Å²) >= 11 is 0. The molecule has 0 saturated heterocycles. The first-order valence-electron chi connectivity index (χ1n) is 6.14. The Morgan fingerprint density at radius 3 is 1.90 bits per heavy atom. The molecule has 0 radical (unpaired) electrons. The largest absolute Gasteiger partial charge is 0.493 e. The van der Waals surface area contributed by atoms with Crippen LogP contribution in [0.2, 0.25) is 0 Å². The lowest BCUT2D eigenvalue weighted by Crippen LogP contribution is -2.05. The molecule has 0 aliphatic rings. The molecule has 6 nitrogen and oxygen atoms in total. The normalized spacial score (nSPS) is 10.8. The van der Waals surface area contributed by atoms with E-state index in [1.54, 1.807) is 25.1 Å². The van der Waals surface area contributed by atoms with E-state index in [0.717, 1.165) is 0 Å². The molecule has 0 unspecified atom stereocenters. The summed E-state index contributed by atoms with van der Waals surface area (Å²) in [5.74, 6) is -0.0695. The van der Waals surface area contributed by atoms with Crippen molar-refractivity contribution in [3.63, 3.8) is 0 Å². The number of ether oxygens (including phenoxy) is 4. The van der Waals surface area contributed by atoms with Crippen molar-refractivity contribution in [1.82, 2.24) is 0 Å². The highest BCUT2D eigenvalue weighted by Gasteiger charge is 2.16. The summed E-state index contributed by atoms with van der Waals surface area (Å²) in [5.41, 5.74) is 1.07. The van der Waals surface area contributed by atoms with Gasteiger partial charge in [-0.25, -0.2) is 4.79 Å². The van der Waals surface area contributed by atoms with E-state index in [2.05, 4.69) is 4.74 Å². The number of hydrogen-bond acceptors (Lipinski definition) is 6. The fourth-order valence-corrected chi connectivity index (χ4v) is 1.70. The number of methoxy groups -OCH3 is 3. The summed E-state index contributed by atoms with van der Waals surface area (Å²) in [6.07, 6.45) is 1.62. The van der Waals surface area contributed by atoms with Crippen LogP contribution >= 0.6 is 0 Å². The van der Waals surface area contributed by atoms with E-state index < -0.39 is 11.9 Å². The smallest absolute Gasteiger partial charge is 0.333 e. The third-order valence-electron chi connectivity index (χ3n) is 2.62. The van der Waals surface area contributed by atoms with Crippen molar-refractivity contribution in [2.24, 2.45) is 0 Å². The average Bonchev–Trinajstić information content (AvgIpc) is 2.46. The van der Waals surface area contributed by atoms with Gasteiger partial charge in [-0.05, 0) is 30.7 Å². The minimum atomic E-state index is -0.486. The molecule has 0 spiro atoms. The molecule has 0 fully saturated rings. The standard InChI is InChI=1S/C15H18O6/c1-9(15(17)20-5)6-11-7-12(18-3)14(21-10(2)16)13(8-11)19-4/h6-8H,1-5H3/b9-6+. The summed E-state index contributed by atoms with van der Waals surface area (Å²) in [6, 6.07) is 3.26. The molecule has 0 heterocycles. The summed E-state index contributed by atoms with van der Waals surface area (Å²) in [5, 5.41) is 0. The molecule has 0 atom stereocenters. The van der Waals surface area contributed by atoms with Crippen molar-refractivity contribution in [3.8, 4) is 17.2 Å². The zero-order valence-corrected chi connectivity index (χ0v) is 12.7. The van der Waals surface area contributed by atoms with Gasteiger partial charge in [0.05, 0.1) is 21.3 Å². The lowest BCUT2D eigenvalue weighted by Gasteiger charge is -2.13. The van der Waals surface area contributed by atoms with E-state index in [1.165, 1.54) is 28.3 Å². The van der Waals surface area contributed by atoms with Crippen molar-refractivity contribution in [2.75, 3.05) is 21.3 Å². The fraction of sp³-hybridized carbons (Fsp3) is 0.333. The van der Waals surface area contributed by atoms with Gasteiger partial charge in [0.2, 0.25) is 5.75 Å². The Bertz CT molecular complexity index is 549. The molecular formula is C15H18O6. The zero-order chi connectivity index (χ0) is 16.0. The summed E-state index contributed by atoms with van der Waals surface area (Å²) < 4.78 is 20.1. The third-order valence-corrected chi connectivity index (χ3v) is 2.62. The molecule has 0 aliphatic heterocycles. The van der Waals surface area contributed by atoms with Crippen LogP contribution in [-0.2, 0) is 14.3 Å². The second kappa shape index (κ2) is 7.33. The van der Waals surface area contributed by atoms with Crippen LogP contribution in [0.4, 0.5) is 0 Å². The maximum atomic E-state index is 11.4. The Labute approximate surface area is 123 Å². The van der Waals surface area contributed by atoms with Gasteiger partial charge in [-0.3, -0.25) is 4.79 Å². The quantitative estimate of drug-likeness (QED) is 0.471. The van der Waals surface area contributed by atoms with E-state index in [9.17, 15) is 9.59 Å². The monoisotopic (exact) mass is 294 g/mol. The van der Waals surface area contributed by atoms with Gasteiger partial charge in [0.25, 0.3) is 0 Å². The number of hydrogen-bond donors (Lipinski definition) is 0. The van der Waals surface area contributed by atoms with Gasteiger partial charge in [-0.2, -0.15) is 0 Å². The molecule has 6 heteroatoms. The van der Waals surface area contributed by atoms with E-state index in [1.807, 2.05) is 0 Å². The molecule has 0 N–H and O–H groups in total. The molecule has 0 aromatic heterocycles. The minimum absolute atomic E-state index is 0.195. The van der Waals surface area contributed by atoms with Crippen molar-refractivity contribution in [1.29, 1.82) is 0 Å². The molecular weight excluding hydrogens is 276 g/mol. The number of carbonyl (C=O) groups is 2. The number of carbonyl (C=O) groups excluding carboxylic acids is 2. The van der Waals surface area contributed by atoms with Crippen LogP contribution in [0, 0.1) is 0 Å². The molecule has 1 rings (SSSR count). The predicted molar refractivity (Wildman–Crippen MR) is 76.5 cm³/mol. The second-order valence-electron chi connectivity index (χ2n) is 4.17. The topological polar surface area (TPSA) is 71.1 Å². The van der Waals surface area contributed by atoms with Crippen LogP contribution in [0.3, 0.4) is 0 Å². The van der Waals surface area contributed by atoms with Gasteiger partial charge < -0.3 is 18.9 Å². The van der Waals surface area contributed by atoms with Crippen molar-refractivity contribution in [2.45, 2.75) is 13.8 Å². The van der Waals surface area contributed by atoms with Crippen LogP contribution < -0.4 is 14.2 Å². The Kier molecular flexibility index (Phi) is 5.78. The first-order valence-corrected chi connectivity index (χ1v) is 6.14. The first-order chi connectivity index (χ1) is 9.92. The summed E-state index contributed by atoms with van der Waals surface area (Å²) in [7, 11) is 4.20. The zero-order valence-electron chi connectivity index (χ0n) is 12.7. The van der Waals surface area contributed by atoms with Gasteiger partial charge in [-0.15, -0.1) is 0 Å². The fourth-order valence-electron chi connectivity index (χ4n) is 1.70. The SMILES string of the molecule is COC(=O)/C(C)=C/c1cc(OC)c(OC(C)=O)c(OC)c1. The highest BCUT2D eigenvalue weighted by atomic mass is 16.6. The van der Waals surface area contributed by atoms with Crippen LogP contribution in [0.5, 0.6) is 17.2 Å². The molecule has 1 aromatic rings. The van der Waals surface area contributed by atoms with Crippen molar-refractivity contribution >= 4 is 18.0 Å². The molecule has 0 aliphatic carbocycles. The Morgan fingerprint density at radius 1 is 1.00 bits per heavy atom. The van der Waals surface area contributed by atoms with E-state index >= 15 is 0 Å². The van der Waals surface area contributed by atoms with Gasteiger partial charge in [0, 0.05) is 12.5 Å². The Hall–Kier alpha value is -2.50. The van der Waals surface area contributed by atoms with Crippen molar-refractivity contribution in [3.05, 3.63) is 23.3 Å². The van der Waals surface area contributed by atoms with Crippen LogP contribution in [0.15, 0.2) is 17.7 Å². The molecule has 1 aromatic carbocycles. The van der Waals surface area contributed by atoms with E-state index in [0.29, 0.717) is 22.6 Å². The summed E-state index contributed by atoms with van der Waals surface area (Å²) in [4.78, 5) is 22.5. The van der Waals surface area contributed by atoms with E-state index in [-0.39, 0.29) is 5.75 Å². The highest BCUT2D eigenvalue weighted by molar-refractivity contribution is 5.93. The van der Waals surface area contributed by atoms with Gasteiger partial charge in [0.1, 0.15) is 0 Å². The lowest BCUT2D eigenvalue weighted by atomic mass is 10.1. The van der Waals surface area contributed by atoms with Crippen LogP contribution in [0.1, 0.15) is 19.4 Å². The van der Waals surface area contributed by atoms with Crippen molar-refractivity contribution < 1.29 is 28.5 Å². The number of benzene rings is 1. The lowest BCUT2D eigenvalue weighted by molar-refractivity contribution is -0.136. The number of rotatable bonds is 5. The van der Waals surface area contributed by atoms with Gasteiger partial charge >= 0.3 is 11.9 Å². The Morgan fingerprint density at radius 2 is 1.52 bits per heavy atom. The molecule has 0 amide bonds. The van der Waals surface area contributed by atoms with Crippen LogP contribution in [-0.4, -0.2) is 33.3 Å². The molecule has 0 bridgehead atoms. The van der Waals surface area contributed by atoms with Crippen LogP contribution in [0.25, 0.3) is 6.08 Å².